The molecule has 0 radical (unpaired) electrons. The van der Waals surface area contributed by atoms with Gasteiger partial charge in [0, 0.05) is 30.8 Å². The molecule has 1 aromatic rings. The lowest BCUT2D eigenvalue weighted by Crippen LogP contribution is -2.39. The third-order valence-electron chi connectivity index (χ3n) is 3.30. The number of carbonyl (C=O) groups is 2. The predicted molar refractivity (Wildman–Crippen MR) is 85.0 cm³/mol. The van der Waals surface area contributed by atoms with E-state index in [9.17, 15) is 19.7 Å². The number of benzene rings is 1. The van der Waals surface area contributed by atoms with Gasteiger partial charge in [-0.15, -0.1) is 0 Å². The van der Waals surface area contributed by atoms with E-state index in [2.05, 4.69) is 0 Å². The second-order valence-electron chi connectivity index (χ2n) is 5.83. The highest BCUT2D eigenvalue weighted by Crippen LogP contribution is 2.15. The van der Waals surface area contributed by atoms with Gasteiger partial charge >= 0.3 is 5.97 Å². The van der Waals surface area contributed by atoms with Gasteiger partial charge in [0.25, 0.3) is 11.6 Å². The van der Waals surface area contributed by atoms with Gasteiger partial charge in [-0.3, -0.25) is 19.7 Å². The molecule has 126 valence electrons. The maximum absolute atomic E-state index is 12.6. The minimum absolute atomic E-state index is 0.0695. The highest BCUT2D eigenvalue weighted by Gasteiger charge is 2.23. The van der Waals surface area contributed by atoms with Gasteiger partial charge in [0.1, 0.15) is 0 Å². The van der Waals surface area contributed by atoms with Crippen molar-refractivity contribution < 1.29 is 19.2 Å². The van der Waals surface area contributed by atoms with Crippen LogP contribution in [0.1, 0.15) is 31.1 Å². The molecule has 0 spiro atoms. The molecule has 0 bridgehead atoms. The molecular formula is C16H22N2O5. The quantitative estimate of drug-likeness (QED) is 0.437. The van der Waals surface area contributed by atoms with Crippen LogP contribution >= 0.6 is 0 Å². The summed E-state index contributed by atoms with van der Waals surface area (Å²) in [5, 5.41) is 10.7. The summed E-state index contributed by atoms with van der Waals surface area (Å²) in [6, 6.07) is 5.45. The molecule has 7 heteroatoms. The van der Waals surface area contributed by atoms with Gasteiger partial charge in [0.05, 0.1) is 18.0 Å². The second kappa shape index (κ2) is 8.26. The summed E-state index contributed by atoms with van der Waals surface area (Å²) in [6.07, 6.45) is 0. The number of ether oxygens (including phenoxy) is 1. The molecule has 0 fully saturated rings. The summed E-state index contributed by atoms with van der Waals surface area (Å²) in [7, 11) is 1.31. The Kier molecular flexibility index (Phi) is 6.68. The molecular weight excluding hydrogens is 300 g/mol. The first-order valence-electron chi connectivity index (χ1n) is 7.37. The first-order valence-corrected chi connectivity index (χ1v) is 7.37. The molecule has 0 aliphatic heterocycles. The highest BCUT2D eigenvalue weighted by atomic mass is 16.6. The molecule has 7 nitrogen and oxygen atoms in total. The average Bonchev–Trinajstić information content (AvgIpc) is 2.52. The Morgan fingerprint density at radius 3 is 2.17 bits per heavy atom. The van der Waals surface area contributed by atoms with Gasteiger partial charge in [0.2, 0.25) is 0 Å². The molecule has 0 aliphatic rings. The number of rotatable bonds is 7. The van der Waals surface area contributed by atoms with Crippen LogP contribution in [0.2, 0.25) is 0 Å². The van der Waals surface area contributed by atoms with E-state index in [1.165, 1.54) is 31.4 Å². The Balaban J connectivity index is 2.94. The molecule has 1 atom stereocenters. The zero-order valence-electron chi connectivity index (χ0n) is 13.8. The largest absolute Gasteiger partial charge is 0.469 e. The molecule has 1 aromatic carbocycles. The van der Waals surface area contributed by atoms with Crippen molar-refractivity contribution >= 4 is 17.6 Å². The fraction of sp³-hybridized carbons (Fsp3) is 0.500. The van der Waals surface area contributed by atoms with Gasteiger partial charge in [0.15, 0.2) is 0 Å². The normalized spacial score (nSPS) is 11.9. The minimum atomic E-state index is -0.514. The molecule has 1 amide bonds. The van der Waals surface area contributed by atoms with Crippen LogP contribution in [-0.2, 0) is 9.53 Å². The maximum Gasteiger partial charge on any atom is 0.310 e. The Morgan fingerprint density at radius 2 is 1.74 bits per heavy atom. The summed E-state index contributed by atoms with van der Waals surface area (Å²) in [6.45, 7) is 6.36. The van der Waals surface area contributed by atoms with Crippen LogP contribution in [0.4, 0.5) is 5.69 Å². The van der Waals surface area contributed by atoms with Gasteiger partial charge in [-0.2, -0.15) is 0 Å². The molecule has 0 heterocycles. The lowest BCUT2D eigenvalue weighted by atomic mass is 10.1. The van der Waals surface area contributed by atoms with Gasteiger partial charge in [-0.25, -0.2) is 0 Å². The van der Waals surface area contributed by atoms with Gasteiger partial charge < -0.3 is 9.64 Å². The van der Waals surface area contributed by atoms with E-state index in [0.29, 0.717) is 12.1 Å². The number of amides is 1. The molecule has 23 heavy (non-hydrogen) atoms. The van der Waals surface area contributed by atoms with Crippen molar-refractivity contribution in [3.8, 4) is 0 Å². The molecule has 0 saturated heterocycles. The SMILES string of the molecule is COC(=O)C(C)CN(CC(C)C)C(=O)c1ccc([N+](=O)[O-])cc1. The highest BCUT2D eigenvalue weighted by molar-refractivity contribution is 5.94. The number of carbonyl (C=O) groups excluding carboxylic acids is 2. The number of nitrogens with zero attached hydrogens (tertiary/aromatic N) is 2. The number of non-ortho nitro benzene ring substituents is 1. The zero-order chi connectivity index (χ0) is 17.6. The first kappa shape index (κ1) is 18.6. The number of methoxy groups -OCH3 is 1. The number of hydrogen-bond donors (Lipinski definition) is 0. The summed E-state index contributed by atoms with van der Waals surface area (Å²) in [4.78, 5) is 35.9. The monoisotopic (exact) mass is 322 g/mol. The van der Waals surface area contributed by atoms with Crippen molar-refractivity contribution in [1.29, 1.82) is 0 Å². The lowest BCUT2D eigenvalue weighted by molar-refractivity contribution is -0.384. The van der Waals surface area contributed by atoms with Crippen LogP contribution in [0.25, 0.3) is 0 Å². The van der Waals surface area contributed by atoms with Crippen molar-refractivity contribution in [2.45, 2.75) is 20.8 Å². The Labute approximate surface area is 135 Å². The summed E-state index contributed by atoms with van der Waals surface area (Å²) < 4.78 is 4.69. The Hall–Kier alpha value is -2.44. The van der Waals surface area contributed by atoms with E-state index in [4.69, 9.17) is 4.74 Å². The third kappa shape index (κ3) is 5.36. The van der Waals surface area contributed by atoms with Gasteiger partial charge in [-0.1, -0.05) is 20.8 Å². The summed E-state index contributed by atoms with van der Waals surface area (Å²) in [5.41, 5.74) is 0.285. The van der Waals surface area contributed by atoms with Crippen LogP contribution < -0.4 is 0 Å². The Morgan fingerprint density at radius 1 is 1.17 bits per heavy atom. The fourth-order valence-electron chi connectivity index (χ4n) is 2.20. The van der Waals surface area contributed by atoms with Crippen LogP contribution in [0, 0.1) is 22.0 Å². The standard InChI is InChI=1S/C16H22N2O5/c1-11(2)9-17(10-12(3)16(20)23-4)15(19)13-5-7-14(8-6-13)18(21)22/h5-8,11-12H,9-10H2,1-4H3. The van der Waals surface area contributed by atoms with Crippen LogP contribution in [-0.4, -0.2) is 41.9 Å². The van der Waals surface area contributed by atoms with E-state index in [1.807, 2.05) is 13.8 Å². The summed E-state index contributed by atoms with van der Waals surface area (Å²) in [5.74, 6) is -0.859. The van der Waals surface area contributed by atoms with E-state index >= 15 is 0 Å². The van der Waals surface area contributed by atoms with Crippen molar-refractivity contribution in [2.24, 2.45) is 11.8 Å². The van der Waals surface area contributed by atoms with E-state index in [0.717, 1.165) is 0 Å². The van der Waals surface area contributed by atoms with Crippen molar-refractivity contribution in [3.63, 3.8) is 0 Å². The predicted octanol–water partition coefficient (Wildman–Crippen LogP) is 2.50. The van der Waals surface area contributed by atoms with Crippen molar-refractivity contribution in [1.82, 2.24) is 4.90 Å². The van der Waals surface area contributed by atoms with E-state index < -0.39 is 10.8 Å². The molecule has 0 aliphatic carbocycles. The van der Waals surface area contributed by atoms with Crippen LogP contribution in [0.15, 0.2) is 24.3 Å². The average molecular weight is 322 g/mol. The summed E-state index contributed by atoms with van der Waals surface area (Å²) >= 11 is 0. The number of nitro benzene ring substituents is 1. The fourth-order valence-corrected chi connectivity index (χ4v) is 2.20. The van der Waals surface area contributed by atoms with Crippen LogP contribution in [0.3, 0.4) is 0 Å². The molecule has 1 rings (SSSR count). The lowest BCUT2D eigenvalue weighted by Gasteiger charge is -2.26. The van der Waals surface area contributed by atoms with E-state index in [-0.39, 0.29) is 30.0 Å². The van der Waals surface area contributed by atoms with Crippen molar-refractivity contribution in [3.05, 3.63) is 39.9 Å². The number of esters is 1. The molecule has 0 saturated carbocycles. The third-order valence-corrected chi connectivity index (χ3v) is 3.30. The van der Waals surface area contributed by atoms with Crippen molar-refractivity contribution in [2.75, 3.05) is 20.2 Å². The number of hydrogen-bond acceptors (Lipinski definition) is 5. The molecule has 0 aromatic heterocycles. The minimum Gasteiger partial charge on any atom is -0.469 e. The maximum atomic E-state index is 12.6. The number of nitro groups is 1. The molecule has 0 N–H and O–H groups in total. The first-order chi connectivity index (χ1) is 10.8. The smallest absolute Gasteiger partial charge is 0.310 e. The topological polar surface area (TPSA) is 89.8 Å². The van der Waals surface area contributed by atoms with Gasteiger partial charge in [-0.05, 0) is 18.1 Å². The van der Waals surface area contributed by atoms with E-state index in [1.54, 1.807) is 11.8 Å². The second-order valence-corrected chi connectivity index (χ2v) is 5.83. The van der Waals surface area contributed by atoms with Crippen LogP contribution in [0.5, 0.6) is 0 Å². The Bertz CT molecular complexity index is 568. The zero-order valence-corrected chi connectivity index (χ0v) is 13.8. The molecule has 1 unspecified atom stereocenters.